The van der Waals surface area contributed by atoms with Crippen molar-refractivity contribution in [2.75, 3.05) is 0 Å². The first-order valence-corrected chi connectivity index (χ1v) is 10.9. The third-order valence-electron chi connectivity index (χ3n) is 3.81. The number of ether oxygens (including phenoxy) is 1. The Bertz CT molecular complexity index is 1070. The molecular formula is C20H14Br2N2O5S. The molecule has 0 aliphatic carbocycles. The molecule has 154 valence electrons. The van der Waals surface area contributed by atoms with Crippen LogP contribution in [0, 0.1) is 0 Å². The summed E-state index contributed by atoms with van der Waals surface area (Å²) in [6.07, 6.45) is 1.68. The minimum Gasteiger partial charge on any atom is -0.487 e. The van der Waals surface area contributed by atoms with E-state index < -0.39 is 11.9 Å². The van der Waals surface area contributed by atoms with Crippen molar-refractivity contribution in [3.05, 3.63) is 66.9 Å². The van der Waals surface area contributed by atoms with Crippen LogP contribution in [0.15, 0.2) is 55.2 Å². The van der Waals surface area contributed by atoms with Gasteiger partial charge in [0.05, 0.1) is 19.4 Å². The van der Waals surface area contributed by atoms with Crippen molar-refractivity contribution in [2.45, 2.75) is 13.5 Å². The molecular weight excluding hydrogens is 540 g/mol. The maximum Gasteiger partial charge on any atom is 0.335 e. The van der Waals surface area contributed by atoms with Crippen LogP contribution in [0.3, 0.4) is 0 Å². The van der Waals surface area contributed by atoms with E-state index in [0.29, 0.717) is 19.6 Å². The van der Waals surface area contributed by atoms with E-state index in [-0.39, 0.29) is 23.2 Å². The third kappa shape index (κ3) is 5.59. The van der Waals surface area contributed by atoms with E-state index >= 15 is 0 Å². The Hall–Kier alpha value is -2.43. The maximum atomic E-state index is 12.0. The highest BCUT2D eigenvalue weighted by atomic mass is 79.9. The molecule has 1 aliphatic rings. The van der Waals surface area contributed by atoms with Crippen molar-refractivity contribution in [3.63, 3.8) is 0 Å². The minimum atomic E-state index is -0.980. The van der Waals surface area contributed by atoms with Gasteiger partial charge in [0.25, 0.3) is 5.91 Å². The maximum absolute atomic E-state index is 12.0. The molecule has 10 heteroatoms. The minimum absolute atomic E-state index is 0.212. The molecule has 0 saturated heterocycles. The van der Waals surface area contributed by atoms with Crippen LogP contribution in [0.1, 0.15) is 28.4 Å². The molecule has 2 N–H and O–H groups in total. The van der Waals surface area contributed by atoms with Gasteiger partial charge in [-0.15, -0.1) is 0 Å². The molecule has 0 spiro atoms. The second kappa shape index (κ2) is 9.59. The molecule has 0 atom stereocenters. The van der Waals surface area contributed by atoms with Crippen LogP contribution >= 0.6 is 43.6 Å². The van der Waals surface area contributed by atoms with Gasteiger partial charge < -0.3 is 15.2 Å². The van der Waals surface area contributed by atoms with Gasteiger partial charge in [0.1, 0.15) is 12.4 Å². The zero-order chi connectivity index (χ0) is 21.8. The number of carbonyl (C=O) groups excluding carboxylic acids is 2. The molecule has 0 saturated carbocycles. The number of hydrogen-bond acceptors (Lipinski definition) is 5. The fourth-order valence-electron chi connectivity index (χ4n) is 2.46. The van der Waals surface area contributed by atoms with Crippen molar-refractivity contribution in [2.24, 2.45) is 4.99 Å². The van der Waals surface area contributed by atoms with Gasteiger partial charge >= 0.3 is 5.97 Å². The first-order chi connectivity index (χ1) is 14.2. The van der Waals surface area contributed by atoms with Crippen molar-refractivity contribution in [1.29, 1.82) is 0 Å². The molecule has 30 heavy (non-hydrogen) atoms. The van der Waals surface area contributed by atoms with Gasteiger partial charge in [0, 0.05) is 6.92 Å². The van der Waals surface area contributed by atoms with Gasteiger partial charge in [-0.05, 0) is 85.1 Å². The summed E-state index contributed by atoms with van der Waals surface area (Å²) >= 11 is 8.04. The Morgan fingerprint density at radius 2 is 1.83 bits per heavy atom. The number of aliphatic imine (C=N–C) groups is 1. The number of halogens is 2. The number of carboxylic acids is 1. The number of nitrogens with one attached hydrogen (secondary N) is 1. The average Bonchev–Trinajstić information content (AvgIpc) is 2.99. The number of thioether (sulfide) groups is 1. The lowest BCUT2D eigenvalue weighted by molar-refractivity contribution is -0.117. The Labute approximate surface area is 192 Å². The monoisotopic (exact) mass is 552 g/mol. The molecule has 1 aliphatic heterocycles. The van der Waals surface area contributed by atoms with E-state index in [9.17, 15) is 14.4 Å². The normalized spacial score (nSPS) is 14.6. The van der Waals surface area contributed by atoms with Crippen molar-refractivity contribution in [3.8, 4) is 5.75 Å². The van der Waals surface area contributed by atoms with Gasteiger partial charge in [-0.2, -0.15) is 4.99 Å². The molecule has 0 radical (unpaired) electrons. The third-order valence-corrected chi connectivity index (χ3v) is 5.88. The lowest BCUT2D eigenvalue weighted by atomic mass is 10.1. The lowest BCUT2D eigenvalue weighted by Gasteiger charge is -2.12. The Kier molecular flexibility index (Phi) is 7.11. The van der Waals surface area contributed by atoms with E-state index in [0.717, 1.165) is 22.9 Å². The second-order valence-corrected chi connectivity index (χ2v) is 8.86. The summed E-state index contributed by atoms with van der Waals surface area (Å²) in [5.74, 6) is -1.12. The molecule has 2 aromatic carbocycles. The first kappa shape index (κ1) is 22.3. The highest BCUT2D eigenvalue weighted by molar-refractivity contribution is 9.11. The zero-order valence-corrected chi connectivity index (χ0v) is 19.4. The van der Waals surface area contributed by atoms with Gasteiger partial charge in [-0.3, -0.25) is 9.59 Å². The van der Waals surface area contributed by atoms with Crippen molar-refractivity contribution >= 4 is 72.6 Å². The highest BCUT2D eigenvalue weighted by Crippen LogP contribution is 2.37. The average molecular weight is 554 g/mol. The molecule has 0 bridgehead atoms. The van der Waals surface area contributed by atoms with Crippen LogP contribution in [0.2, 0.25) is 0 Å². The molecule has 0 fully saturated rings. The Morgan fingerprint density at radius 1 is 1.20 bits per heavy atom. The second-order valence-electron chi connectivity index (χ2n) is 6.12. The SMILES string of the molecule is CC(=O)NC1=NC(=O)/C(=C\c2cc(Br)c(OCc3ccc(C(=O)O)cc3)c(Br)c2)S1. The van der Waals surface area contributed by atoms with Gasteiger partial charge in [-0.25, -0.2) is 4.79 Å². The lowest BCUT2D eigenvalue weighted by Crippen LogP contribution is -2.23. The summed E-state index contributed by atoms with van der Waals surface area (Å²) in [6.45, 7) is 1.60. The smallest absolute Gasteiger partial charge is 0.335 e. The number of hydrogen-bond donors (Lipinski definition) is 2. The van der Waals surface area contributed by atoms with Crippen LogP contribution in [0.25, 0.3) is 6.08 Å². The summed E-state index contributed by atoms with van der Waals surface area (Å²) in [7, 11) is 0. The van der Waals surface area contributed by atoms with Crippen LogP contribution in [-0.4, -0.2) is 28.1 Å². The molecule has 7 nitrogen and oxygen atoms in total. The van der Waals surface area contributed by atoms with Crippen molar-refractivity contribution < 1.29 is 24.2 Å². The first-order valence-electron chi connectivity index (χ1n) is 8.47. The number of carbonyl (C=O) groups is 3. The topological polar surface area (TPSA) is 105 Å². The van der Waals surface area contributed by atoms with Crippen LogP contribution in [0.4, 0.5) is 0 Å². The number of rotatable bonds is 5. The summed E-state index contributed by atoms with van der Waals surface area (Å²) in [5, 5.41) is 11.7. The van der Waals surface area contributed by atoms with Crippen LogP contribution in [0.5, 0.6) is 5.75 Å². The fourth-order valence-corrected chi connectivity index (χ4v) is 4.77. The summed E-state index contributed by atoms with van der Waals surface area (Å²) in [6, 6.07) is 10.0. The highest BCUT2D eigenvalue weighted by Gasteiger charge is 2.22. The summed E-state index contributed by atoms with van der Waals surface area (Å²) < 4.78 is 7.20. The fraction of sp³-hybridized carbons (Fsp3) is 0.100. The molecule has 3 rings (SSSR count). The predicted molar refractivity (Wildman–Crippen MR) is 121 cm³/mol. The molecule has 0 aromatic heterocycles. The predicted octanol–water partition coefficient (Wildman–Crippen LogP) is 4.60. The van der Waals surface area contributed by atoms with Gasteiger partial charge in [0.15, 0.2) is 5.17 Å². The summed E-state index contributed by atoms with van der Waals surface area (Å²) in [5.41, 5.74) is 1.77. The largest absolute Gasteiger partial charge is 0.487 e. The Morgan fingerprint density at radius 3 is 2.40 bits per heavy atom. The van der Waals surface area contributed by atoms with Gasteiger partial charge in [-0.1, -0.05) is 12.1 Å². The number of amides is 2. The van der Waals surface area contributed by atoms with E-state index in [1.54, 1.807) is 30.3 Å². The number of benzene rings is 2. The van der Waals surface area contributed by atoms with E-state index in [1.165, 1.54) is 19.1 Å². The van der Waals surface area contributed by atoms with E-state index in [4.69, 9.17) is 9.84 Å². The van der Waals surface area contributed by atoms with E-state index in [1.807, 2.05) is 0 Å². The van der Waals surface area contributed by atoms with E-state index in [2.05, 4.69) is 42.2 Å². The van der Waals surface area contributed by atoms with Gasteiger partial charge in [0.2, 0.25) is 5.91 Å². The van der Waals surface area contributed by atoms with Crippen LogP contribution in [-0.2, 0) is 16.2 Å². The number of aromatic carboxylic acids is 1. The Balaban J connectivity index is 1.72. The number of carboxylic acid groups (broad SMARTS) is 1. The van der Waals surface area contributed by atoms with Crippen molar-refractivity contribution in [1.82, 2.24) is 5.32 Å². The standard InChI is InChI=1S/C20H14Br2N2O5S/c1-10(25)23-20-24-18(26)16(30-20)8-12-6-14(21)17(15(22)7-12)29-9-11-2-4-13(5-3-11)19(27)28/h2-8H,9H2,1H3,(H,27,28)(H,23,24,25,26)/b16-8+. The van der Waals surface area contributed by atoms with Crippen LogP contribution < -0.4 is 10.1 Å². The quantitative estimate of drug-likeness (QED) is 0.524. The molecule has 1 heterocycles. The molecule has 0 unspecified atom stereocenters. The molecule has 2 amide bonds. The number of amidine groups is 1. The number of nitrogens with zero attached hydrogens (tertiary/aromatic N) is 1. The zero-order valence-electron chi connectivity index (χ0n) is 15.4. The molecule has 2 aromatic rings. The summed E-state index contributed by atoms with van der Waals surface area (Å²) in [4.78, 5) is 38.3.